The molecule has 0 aromatic heterocycles. The third-order valence-electron chi connectivity index (χ3n) is 1.48. The zero-order chi connectivity index (χ0) is 9.23. The van der Waals surface area contributed by atoms with Gasteiger partial charge in [0.05, 0.1) is 6.07 Å². The van der Waals surface area contributed by atoms with Crippen LogP contribution in [-0.4, -0.2) is 22.3 Å². The van der Waals surface area contributed by atoms with E-state index in [0.29, 0.717) is 19.6 Å². The highest BCUT2D eigenvalue weighted by molar-refractivity contribution is 6.48. The van der Waals surface area contributed by atoms with Gasteiger partial charge in [-0.2, -0.15) is 5.26 Å². The molecule has 0 rings (SSSR count). The minimum atomic E-state index is -1.62. The molecule has 0 fully saturated rings. The Morgan fingerprint density at radius 1 is 1.42 bits per heavy atom. The van der Waals surface area contributed by atoms with Gasteiger partial charge in [-0.15, -0.1) is 0 Å². The van der Waals surface area contributed by atoms with Gasteiger partial charge in [-0.3, -0.25) is 0 Å². The van der Waals surface area contributed by atoms with Gasteiger partial charge >= 0.3 is 0 Å². The standard InChI is InChI=1S/C8H16NO2Si/c1-12(10)8-4-7-11-6-3-2-5-9/h12H,2-4,6-8H2,1H3. The molecule has 0 aliphatic rings. The van der Waals surface area contributed by atoms with E-state index in [0.717, 1.165) is 18.9 Å². The zero-order valence-corrected chi connectivity index (χ0v) is 8.74. The average molecular weight is 186 g/mol. The lowest BCUT2D eigenvalue weighted by Gasteiger charge is -2.01. The van der Waals surface area contributed by atoms with E-state index in [9.17, 15) is 4.80 Å². The summed E-state index contributed by atoms with van der Waals surface area (Å²) in [5.74, 6) is 0. The van der Waals surface area contributed by atoms with Crippen LogP contribution in [0.15, 0.2) is 0 Å². The van der Waals surface area contributed by atoms with Crippen molar-refractivity contribution in [3.05, 3.63) is 0 Å². The summed E-state index contributed by atoms with van der Waals surface area (Å²) in [5.41, 5.74) is 0. The second kappa shape index (κ2) is 8.72. The van der Waals surface area contributed by atoms with E-state index in [2.05, 4.69) is 6.07 Å². The summed E-state index contributed by atoms with van der Waals surface area (Å²) in [7, 11) is -1.62. The molecule has 0 aliphatic carbocycles. The van der Waals surface area contributed by atoms with Crippen molar-refractivity contribution >= 4 is 9.04 Å². The quantitative estimate of drug-likeness (QED) is 0.446. The maximum Gasteiger partial charge on any atom is 0.219 e. The van der Waals surface area contributed by atoms with E-state index in [4.69, 9.17) is 10.00 Å². The Kier molecular flexibility index (Phi) is 8.45. The monoisotopic (exact) mass is 186 g/mol. The molecule has 0 spiro atoms. The van der Waals surface area contributed by atoms with Crippen LogP contribution in [0.5, 0.6) is 0 Å². The van der Waals surface area contributed by atoms with Crippen molar-refractivity contribution < 1.29 is 9.53 Å². The van der Waals surface area contributed by atoms with Gasteiger partial charge in [-0.1, -0.05) is 0 Å². The number of hydrogen-bond donors (Lipinski definition) is 0. The third-order valence-corrected chi connectivity index (χ3v) is 2.70. The molecule has 0 heterocycles. The van der Waals surface area contributed by atoms with Gasteiger partial charge in [0.15, 0.2) is 0 Å². The minimum Gasteiger partial charge on any atom is -0.381 e. The molecule has 12 heavy (non-hydrogen) atoms. The average Bonchev–Trinajstić information content (AvgIpc) is 2.02. The van der Waals surface area contributed by atoms with E-state index < -0.39 is 9.04 Å². The van der Waals surface area contributed by atoms with Crippen LogP contribution >= 0.6 is 0 Å². The molecule has 1 atom stereocenters. The smallest absolute Gasteiger partial charge is 0.219 e. The van der Waals surface area contributed by atoms with Gasteiger partial charge < -0.3 is 9.53 Å². The van der Waals surface area contributed by atoms with Crippen LogP contribution in [0.3, 0.4) is 0 Å². The number of ether oxygens (including phenoxy) is 1. The largest absolute Gasteiger partial charge is 0.381 e. The summed E-state index contributed by atoms with van der Waals surface area (Å²) in [6, 6.07) is 2.87. The summed E-state index contributed by atoms with van der Waals surface area (Å²) in [5, 5.41) is 8.20. The molecule has 69 valence electrons. The maximum atomic E-state index is 10.7. The van der Waals surface area contributed by atoms with Gasteiger partial charge in [0.2, 0.25) is 9.04 Å². The molecule has 1 unspecified atom stereocenters. The van der Waals surface area contributed by atoms with Crippen molar-refractivity contribution in [2.24, 2.45) is 0 Å². The Balaban J connectivity index is 2.87. The van der Waals surface area contributed by atoms with E-state index >= 15 is 0 Å². The lowest BCUT2D eigenvalue weighted by Crippen LogP contribution is -2.05. The molecule has 0 aromatic carbocycles. The molecule has 0 amide bonds. The van der Waals surface area contributed by atoms with Crippen molar-refractivity contribution in [2.45, 2.75) is 31.9 Å². The first-order chi connectivity index (χ1) is 5.77. The number of nitriles is 1. The van der Waals surface area contributed by atoms with Crippen LogP contribution in [0.4, 0.5) is 0 Å². The minimum absolute atomic E-state index is 0.562. The Morgan fingerprint density at radius 2 is 2.08 bits per heavy atom. The maximum absolute atomic E-state index is 10.7. The second-order valence-corrected chi connectivity index (χ2v) is 5.03. The van der Waals surface area contributed by atoms with Gasteiger partial charge in [0.1, 0.15) is 0 Å². The van der Waals surface area contributed by atoms with Crippen LogP contribution in [-0.2, 0) is 9.53 Å². The lowest BCUT2D eigenvalue weighted by molar-refractivity contribution is 0.132. The first kappa shape index (κ1) is 11.6. The fraction of sp³-hybridized carbons (Fsp3) is 0.875. The van der Waals surface area contributed by atoms with Crippen LogP contribution in [0, 0.1) is 11.3 Å². The molecule has 0 N–H and O–H groups in total. The predicted octanol–water partition coefficient (Wildman–Crippen LogP) is 1.48. The molecule has 1 radical (unpaired) electrons. The lowest BCUT2D eigenvalue weighted by atomic mass is 10.3. The van der Waals surface area contributed by atoms with Gasteiger partial charge in [-0.25, -0.2) is 0 Å². The van der Waals surface area contributed by atoms with Crippen molar-refractivity contribution in [3.63, 3.8) is 0 Å². The molecule has 0 saturated heterocycles. The van der Waals surface area contributed by atoms with Crippen LogP contribution in [0.2, 0.25) is 12.6 Å². The highest BCUT2D eigenvalue weighted by Gasteiger charge is 1.99. The van der Waals surface area contributed by atoms with E-state index in [1.54, 1.807) is 6.55 Å². The van der Waals surface area contributed by atoms with Crippen molar-refractivity contribution in [1.82, 2.24) is 0 Å². The molecule has 0 saturated carbocycles. The highest BCUT2D eigenvalue weighted by Crippen LogP contribution is 1.96. The predicted molar refractivity (Wildman–Crippen MR) is 48.8 cm³/mol. The Hall–Kier alpha value is -0.373. The van der Waals surface area contributed by atoms with E-state index in [1.165, 1.54) is 0 Å². The van der Waals surface area contributed by atoms with Crippen molar-refractivity contribution in [2.75, 3.05) is 13.2 Å². The SMILES string of the molecule is C[SiH]([O])CCCOCCCC#N. The Morgan fingerprint density at radius 3 is 2.67 bits per heavy atom. The number of rotatable bonds is 7. The number of nitrogens with zero attached hydrogens (tertiary/aromatic N) is 1. The topological polar surface area (TPSA) is 52.9 Å². The molecule has 0 aliphatic heterocycles. The van der Waals surface area contributed by atoms with Gasteiger partial charge in [-0.05, 0) is 25.4 Å². The Bertz CT molecular complexity index is 134. The van der Waals surface area contributed by atoms with Gasteiger partial charge in [0.25, 0.3) is 0 Å². The first-order valence-electron chi connectivity index (χ1n) is 4.38. The summed E-state index contributed by atoms with van der Waals surface area (Å²) in [6.07, 6.45) is 2.26. The van der Waals surface area contributed by atoms with Crippen LogP contribution in [0.25, 0.3) is 0 Å². The summed E-state index contributed by atoms with van der Waals surface area (Å²) in [4.78, 5) is 10.7. The molecule has 3 nitrogen and oxygen atoms in total. The molecule has 0 bridgehead atoms. The van der Waals surface area contributed by atoms with E-state index in [-0.39, 0.29) is 0 Å². The molecule has 4 heteroatoms. The fourth-order valence-corrected chi connectivity index (χ4v) is 1.57. The zero-order valence-electron chi connectivity index (χ0n) is 7.58. The second-order valence-electron chi connectivity index (χ2n) is 2.83. The molecular formula is C8H16NO2Si. The fourth-order valence-electron chi connectivity index (χ4n) is 0.828. The summed E-state index contributed by atoms with van der Waals surface area (Å²) in [6.45, 7) is 3.14. The molecular weight excluding hydrogens is 170 g/mol. The first-order valence-corrected chi connectivity index (χ1v) is 6.82. The van der Waals surface area contributed by atoms with E-state index in [1.807, 2.05) is 0 Å². The summed E-state index contributed by atoms with van der Waals surface area (Å²) < 4.78 is 5.22. The normalized spacial score (nSPS) is 12.4. The highest BCUT2D eigenvalue weighted by atomic mass is 28.3. The van der Waals surface area contributed by atoms with Crippen molar-refractivity contribution in [3.8, 4) is 6.07 Å². The third kappa shape index (κ3) is 9.63. The number of unbranched alkanes of at least 4 members (excludes halogenated alkanes) is 1. The Labute approximate surface area is 75.7 Å². The van der Waals surface area contributed by atoms with Crippen LogP contribution < -0.4 is 0 Å². The molecule has 0 aromatic rings. The van der Waals surface area contributed by atoms with Gasteiger partial charge in [0, 0.05) is 19.6 Å². The number of hydrogen-bond acceptors (Lipinski definition) is 2. The van der Waals surface area contributed by atoms with Crippen LogP contribution in [0.1, 0.15) is 19.3 Å². The van der Waals surface area contributed by atoms with Crippen molar-refractivity contribution in [1.29, 1.82) is 5.26 Å². The summed E-state index contributed by atoms with van der Waals surface area (Å²) >= 11 is 0.